The number of aromatic nitrogens is 5. The SMILES string of the molecule is Cc1cnn(C(C)C2CC2)c1NC(=O)c1cnc(-c2cccnc2)nc1. The molecule has 3 heterocycles. The van der Waals surface area contributed by atoms with Crippen molar-refractivity contribution in [2.45, 2.75) is 32.7 Å². The van der Waals surface area contributed by atoms with Crippen LogP contribution in [0.5, 0.6) is 0 Å². The van der Waals surface area contributed by atoms with E-state index in [9.17, 15) is 4.79 Å². The van der Waals surface area contributed by atoms with Gasteiger partial charge in [0.1, 0.15) is 5.82 Å². The summed E-state index contributed by atoms with van der Waals surface area (Å²) < 4.78 is 1.91. The van der Waals surface area contributed by atoms with Crippen LogP contribution in [-0.2, 0) is 0 Å². The molecule has 0 spiro atoms. The largest absolute Gasteiger partial charge is 0.306 e. The number of nitrogens with one attached hydrogen (secondary N) is 1. The minimum Gasteiger partial charge on any atom is -0.306 e. The van der Waals surface area contributed by atoms with Gasteiger partial charge in [0.2, 0.25) is 0 Å². The number of amides is 1. The highest BCUT2D eigenvalue weighted by atomic mass is 16.1. The van der Waals surface area contributed by atoms with Gasteiger partial charge in [0.05, 0.1) is 17.8 Å². The van der Waals surface area contributed by atoms with Crippen LogP contribution in [0, 0.1) is 12.8 Å². The Labute approximate surface area is 151 Å². The number of aryl methyl sites for hydroxylation is 1. The molecule has 0 aliphatic heterocycles. The number of carbonyl (C=O) groups is 1. The quantitative estimate of drug-likeness (QED) is 0.765. The topological polar surface area (TPSA) is 85.6 Å². The zero-order chi connectivity index (χ0) is 18.1. The van der Waals surface area contributed by atoms with E-state index in [1.54, 1.807) is 18.6 Å². The van der Waals surface area contributed by atoms with Gasteiger partial charge in [-0.1, -0.05) is 0 Å². The predicted molar refractivity (Wildman–Crippen MR) is 97.6 cm³/mol. The highest BCUT2D eigenvalue weighted by Crippen LogP contribution is 2.40. The van der Waals surface area contributed by atoms with Gasteiger partial charge in [-0.15, -0.1) is 0 Å². The van der Waals surface area contributed by atoms with Crippen LogP contribution in [0.1, 0.15) is 41.7 Å². The fourth-order valence-corrected chi connectivity index (χ4v) is 2.96. The summed E-state index contributed by atoms with van der Waals surface area (Å²) in [5, 5.41) is 7.41. The summed E-state index contributed by atoms with van der Waals surface area (Å²) in [4.78, 5) is 25.2. The highest BCUT2D eigenvalue weighted by molar-refractivity contribution is 6.03. The monoisotopic (exact) mass is 348 g/mol. The second kappa shape index (κ2) is 6.67. The number of rotatable bonds is 5. The minimum absolute atomic E-state index is 0.240. The van der Waals surface area contributed by atoms with Crippen molar-refractivity contribution in [2.75, 3.05) is 5.32 Å². The lowest BCUT2D eigenvalue weighted by atomic mass is 10.2. The normalized spacial score (nSPS) is 14.8. The fourth-order valence-electron chi connectivity index (χ4n) is 2.96. The average molecular weight is 348 g/mol. The first-order valence-corrected chi connectivity index (χ1v) is 8.71. The van der Waals surface area contributed by atoms with Crippen LogP contribution in [0.2, 0.25) is 0 Å². The summed E-state index contributed by atoms with van der Waals surface area (Å²) in [6.07, 6.45) is 10.7. The van der Waals surface area contributed by atoms with Crippen LogP contribution in [0.4, 0.5) is 5.82 Å². The molecule has 132 valence electrons. The van der Waals surface area contributed by atoms with Crippen molar-refractivity contribution in [3.05, 3.63) is 54.2 Å². The Hall–Kier alpha value is -3.09. The van der Waals surface area contributed by atoms with E-state index < -0.39 is 0 Å². The smallest absolute Gasteiger partial charge is 0.259 e. The van der Waals surface area contributed by atoms with Gasteiger partial charge >= 0.3 is 0 Å². The van der Waals surface area contributed by atoms with Gasteiger partial charge in [-0.25, -0.2) is 14.6 Å². The lowest BCUT2D eigenvalue weighted by molar-refractivity contribution is 0.102. The maximum absolute atomic E-state index is 12.6. The Morgan fingerprint density at radius 1 is 1.23 bits per heavy atom. The predicted octanol–water partition coefficient (Wildman–Crippen LogP) is 3.27. The molecule has 7 nitrogen and oxygen atoms in total. The zero-order valence-electron chi connectivity index (χ0n) is 14.8. The Kier molecular flexibility index (Phi) is 4.20. The number of nitrogens with zero attached hydrogens (tertiary/aromatic N) is 5. The average Bonchev–Trinajstić information content (AvgIpc) is 3.47. The third-order valence-corrected chi connectivity index (χ3v) is 4.73. The number of hydrogen-bond donors (Lipinski definition) is 1. The third kappa shape index (κ3) is 3.20. The molecule has 26 heavy (non-hydrogen) atoms. The molecule has 1 N–H and O–H groups in total. The minimum atomic E-state index is -0.240. The molecule has 1 unspecified atom stereocenters. The van der Waals surface area contributed by atoms with Crippen molar-refractivity contribution in [1.29, 1.82) is 0 Å². The van der Waals surface area contributed by atoms with E-state index in [0.717, 1.165) is 16.9 Å². The van der Waals surface area contributed by atoms with Crippen molar-refractivity contribution in [3.63, 3.8) is 0 Å². The van der Waals surface area contributed by atoms with Gasteiger partial charge in [-0.05, 0) is 44.7 Å². The molecule has 3 aromatic heterocycles. The van der Waals surface area contributed by atoms with Gasteiger partial charge < -0.3 is 5.32 Å². The highest BCUT2D eigenvalue weighted by Gasteiger charge is 2.31. The maximum Gasteiger partial charge on any atom is 0.259 e. The lowest BCUT2D eigenvalue weighted by Gasteiger charge is -2.16. The second-order valence-electron chi connectivity index (χ2n) is 6.69. The zero-order valence-corrected chi connectivity index (χ0v) is 14.8. The van der Waals surface area contributed by atoms with Crippen LogP contribution in [-0.4, -0.2) is 30.6 Å². The lowest BCUT2D eigenvalue weighted by Crippen LogP contribution is -2.19. The molecule has 1 amide bonds. The van der Waals surface area contributed by atoms with Crippen LogP contribution >= 0.6 is 0 Å². The van der Waals surface area contributed by atoms with E-state index >= 15 is 0 Å². The summed E-state index contributed by atoms with van der Waals surface area (Å²) in [5.41, 5.74) is 2.16. The fraction of sp³-hybridized carbons (Fsp3) is 0.316. The first kappa shape index (κ1) is 16.4. The van der Waals surface area contributed by atoms with E-state index in [1.165, 1.54) is 25.2 Å². The molecule has 1 atom stereocenters. The van der Waals surface area contributed by atoms with E-state index in [0.29, 0.717) is 17.3 Å². The third-order valence-electron chi connectivity index (χ3n) is 4.73. The van der Waals surface area contributed by atoms with Gasteiger partial charge in [0.15, 0.2) is 5.82 Å². The second-order valence-corrected chi connectivity index (χ2v) is 6.69. The Balaban J connectivity index is 1.53. The molecule has 3 aromatic rings. The number of anilines is 1. The number of pyridine rings is 1. The van der Waals surface area contributed by atoms with Gasteiger partial charge in [-0.2, -0.15) is 5.10 Å². The molecule has 0 saturated heterocycles. The van der Waals surface area contributed by atoms with Gasteiger partial charge in [0.25, 0.3) is 5.91 Å². The first-order chi connectivity index (χ1) is 12.6. The molecule has 0 radical (unpaired) electrons. The molecular formula is C19H20N6O. The van der Waals surface area contributed by atoms with Crippen molar-refractivity contribution >= 4 is 11.7 Å². The Morgan fingerprint density at radius 2 is 2.00 bits per heavy atom. The van der Waals surface area contributed by atoms with Crippen molar-refractivity contribution < 1.29 is 4.79 Å². The molecule has 1 fully saturated rings. The van der Waals surface area contributed by atoms with Crippen LogP contribution in [0.3, 0.4) is 0 Å². The summed E-state index contributed by atoms with van der Waals surface area (Å²) in [6.45, 7) is 4.09. The van der Waals surface area contributed by atoms with Crippen LogP contribution < -0.4 is 5.32 Å². The molecule has 1 saturated carbocycles. The Morgan fingerprint density at radius 3 is 2.65 bits per heavy atom. The summed E-state index contributed by atoms with van der Waals surface area (Å²) in [6, 6.07) is 3.98. The van der Waals surface area contributed by atoms with Crippen LogP contribution in [0.25, 0.3) is 11.4 Å². The summed E-state index contributed by atoms with van der Waals surface area (Å²) in [7, 11) is 0. The summed E-state index contributed by atoms with van der Waals surface area (Å²) >= 11 is 0. The van der Waals surface area contributed by atoms with E-state index in [2.05, 4.69) is 32.3 Å². The first-order valence-electron chi connectivity index (χ1n) is 8.71. The van der Waals surface area contributed by atoms with Gasteiger partial charge in [0, 0.05) is 35.9 Å². The van der Waals surface area contributed by atoms with Crippen LogP contribution in [0.15, 0.2) is 43.1 Å². The van der Waals surface area contributed by atoms with Crippen molar-refractivity contribution in [1.82, 2.24) is 24.7 Å². The van der Waals surface area contributed by atoms with Crippen molar-refractivity contribution in [3.8, 4) is 11.4 Å². The number of hydrogen-bond acceptors (Lipinski definition) is 5. The van der Waals surface area contributed by atoms with E-state index in [4.69, 9.17) is 0 Å². The van der Waals surface area contributed by atoms with E-state index in [-0.39, 0.29) is 11.9 Å². The standard InChI is InChI=1S/C19H20N6O/c1-12-8-23-25(13(2)14-5-6-14)18(12)24-19(26)16-10-21-17(22-11-16)15-4-3-7-20-9-15/h3-4,7-11,13-14H,5-6H2,1-2H3,(H,24,26). The molecule has 1 aliphatic carbocycles. The molecule has 4 rings (SSSR count). The molecular weight excluding hydrogens is 328 g/mol. The van der Waals surface area contributed by atoms with E-state index in [1.807, 2.05) is 23.7 Å². The number of carbonyl (C=O) groups excluding carboxylic acids is 1. The Bertz CT molecular complexity index is 915. The molecule has 0 aromatic carbocycles. The maximum atomic E-state index is 12.6. The molecule has 1 aliphatic rings. The van der Waals surface area contributed by atoms with Gasteiger partial charge in [-0.3, -0.25) is 9.78 Å². The molecule has 0 bridgehead atoms. The molecule has 7 heteroatoms. The summed E-state index contributed by atoms with van der Waals surface area (Å²) in [5.74, 6) is 1.69. The van der Waals surface area contributed by atoms with Crippen molar-refractivity contribution in [2.24, 2.45) is 5.92 Å².